The predicted octanol–water partition coefficient (Wildman–Crippen LogP) is 8.61. The molecular weight excluding hydrogens is 633 g/mol. The number of likely N-dealkylation sites (N-methyl/N-ethyl adjacent to an activating group) is 1. The summed E-state index contributed by atoms with van der Waals surface area (Å²) in [6.07, 6.45) is 3.28. The van der Waals surface area contributed by atoms with E-state index in [1.54, 1.807) is 40.8 Å². The molecule has 0 fully saturated rings. The molecule has 0 saturated carbocycles. The van der Waals surface area contributed by atoms with E-state index in [0.29, 0.717) is 27.3 Å². The maximum Gasteiger partial charge on any atom is 0.410 e. The van der Waals surface area contributed by atoms with E-state index in [1.165, 1.54) is 4.90 Å². The first kappa shape index (κ1) is 37.5. The highest BCUT2D eigenvalue weighted by atomic mass is 32.3. The molecule has 262 valence electrons. The predicted molar refractivity (Wildman–Crippen MR) is 203 cm³/mol. The third kappa shape index (κ3) is 8.10. The topological polar surface area (TPSA) is 102 Å². The Labute approximate surface area is 293 Å². The Morgan fingerprint density at radius 2 is 1.59 bits per heavy atom. The van der Waals surface area contributed by atoms with Crippen molar-refractivity contribution in [3.8, 4) is 33.7 Å². The highest BCUT2D eigenvalue weighted by Crippen LogP contribution is 2.59. The zero-order valence-corrected chi connectivity index (χ0v) is 32.1. The standard InChI is InChI=1S/C39H52N6O3S/c1-24(2)49(25(3)4,26(5)6)21-19-32-31(16-17-33(41-32)42-37(46)29(9)44(13)38(47)48-39(10,11)12)36-35(30-15-14-28(8)40-23-30)43-34-22-27(7)18-20-45(34)36/h14-18,20,22-26,29H,1-13H3,(H,41,42,46). The maximum absolute atomic E-state index is 13.5. The van der Waals surface area contributed by atoms with Crippen LogP contribution in [0.2, 0.25) is 0 Å². The van der Waals surface area contributed by atoms with E-state index in [2.05, 4.69) is 79.5 Å². The van der Waals surface area contributed by atoms with Crippen molar-refractivity contribution in [3.05, 3.63) is 65.7 Å². The van der Waals surface area contributed by atoms with Crippen molar-refractivity contribution >= 4 is 33.5 Å². The number of amides is 2. The molecule has 10 heteroatoms. The number of hydrogen-bond donors (Lipinski definition) is 1. The highest BCUT2D eigenvalue weighted by Gasteiger charge is 2.33. The molecule has 0 bridgehead atoms. The zero-order chi connectivity index (χ0) is 36.4. The third-order valence-corrected chi connectivity index (χ3v) is 13.8. The Morgan fingerprint density at radius 1 is 0.939 bits per heavy atom. The number of aromatic nitrogens is 4. The van der Waals surface area contributed by atoms with Gasteiger partial charge in [0.1, 0.15) is 28.8 Å². The Bertz CT molecular complexity index is 1870. The van der Waals surface area contributed by atoms with Crippen molar-refractivity contribution in [1.29, 1.82) is 0 Å². The maximum atomic E-state index is 13.5. The Morgan fingerprint density at radius 3 is 2.16 bits per heavy atom. The fourth-order valence-corrected chi connectivity index (χ4v) is 10.3. The van der Waals surface area contributed by atoms with Gasteiger partial charge < -0.3 is 10.1 Å². The van der Waals surface area contributed by atoms with E-state index in [-0.39, 0.29) is 0 Å². The molecule has 0 aliphatic rings. The monoisotopic (exact) mass is 684 g/mol. The summed E-state index contributed by atoms with van der Waals surface area (Å²) in [7, 11) is 0.138. The lowest BCUT2D eigenvalue weighted by molar-refractivity contribution is -0.120. The van der Waals surface area contributed by atoms with Crippen molar-refractivity contribution in [3.63, 3.8) is 0 Å². The average molecular weight is 685 g/mol. The molecule has 4 heterocycles. The van der Waals surface area contributed by atoms with Crippen LogP contribution in [0.4, 0.5) is 10.6 Å². The van der Waals surface area contributed by atoms with Gasteiger partial charge in [-0.3, -0.25) is 19.1 Å². The number of fused-ring (bicyclic) bond motifs is 1. The molecule has 0 aliphatic heterocycles. The number of carbonyl (C=O) groups excluding carboxylic acids is 2. The van der Waals surface area contributed by atoms with Crippen LogP contribution in [0.25, 0.3) is 28.2 Å². The van der Waals surface area contributed by atoms with Crippen LogP contribution >= 0.6 is 10.0 Å². The van der Waals surface area contributed by atoms with Crippen molar-refractivity contribution in [1.82, 2.24) is 24.3 Å². The summed E-state index contributed by atoms with van der Waals surface area (Å²) in [5, 5.41) is 7.80. The molecule has 0 aliphatic carbocycles. The summed E-state index contributed by atoms with van der Waals surface area (Å²) < 4.78 is 7.54. The van der Waals surface area contributed by atoms with Crippen molar-refractivity contribution in [2.45, 2.75) is 110 Å². The summed E-state index contributed by atoms with van der Waals surface area (Å²) in [4.78, 5) is 42.1. The smallest absolute Gasteiger partial charge is 0.410 e. The SMILES string of the molecule is Cc1ccn2c(-c3ccc(NC(=O)C(C)N(C)C(=O)OC(C)(C)C)nc3C#CS(C(C)C)(C(C)C)C(C)C)c(-c3ccc(C)nc3)nc2c1. The number of nitrogens with one attached hydrogen (secondary N) is 1. The van der Waals surface area contributed by atoms with Crippen LogP contribution in [-0.4, -0.2) is 70.7 Å². The van der Waals surface area contributed by atoms with Gasteiger partial charge in [0.2, 0.25) is 5.91 Å². The molecule has 0 aromatic carbocycles. The number of pyridine rings is 3. The lowest BCUT2D eigenvalue weighted by atomic mass is 10.0. The summed E-state index contributed by atoms with van der Waals surface area (Å²) in [6, 6.07) is 11.0. The minimum absolute atomic E-state index is 0.338. The zero-order valence-electron chi connectivity index (χ0n) is 31.3. The van der Waals surface area contributed by atoms with Crippen LogP contribution < -0.4 is 5.32 Å². The number of ether oxygens (including phenoxy) is 1. The molecular formula is C39H52N6O3S. The van der Waals surface area contributed by atoms with E-state index < -0.39 is 33.7 Å². The van der Waals surface area contributed by atoms with Crippen LogP contribution in [0.15, 0.2) is 48.8 Å². The number of anilines is 1. The molecule has 4 aromatic rings. The van der Waals surface area contributed by atoms with Gasteiger partial charge in [-0.05, 0) is 110 Å². The Hall–Kier alpha value is -4.36. The van der Waals surface area contributed by atoms with Gasteiger partial charge in [0.05, 0.1) is 11.4 Å². The van der Waals surface area contributed by atoms with Gasteiger partial charge in [-0.1, -0.05) is 41.5 Å². The number of imidazole rings is 1. The molecule has 0 saturated heterocycles. The average Bonchev–Trinajstić information content (AvgIpc) is 3.37. The number of rotatable bonds is 8. The molecule has 4 aromatic heterocycles. The number of nitrogens with zero attached hydrogens (tertiary/aromatic N) is 5. The van der Waals surface area contributed by atoms with Gasteiger partial charge in [-0.2, -0.15) is 10.0 Å². The molecule has 49 heavy (non-hydrogen) atoms. The summed E-state index contributed by atoms with van der Waals surface area (Å²) >= 11 is 0. The second-order valence-electron chi connectivity index (χ2n) is 14.4. The van der Waals surface area contributed by atoms with Gasteiger partial charge >= 0.3 is 6.09 Å². The minimum Gasteiger partial charge on any atom is -0.444 e. The van der Waals surface area contributed by atoms with Gasteiger partial charge in [-0.25, -0.2) is 14.8 Å². The van der Waals surface area contributed by atoms with Crippen LogP contribution in [0.5, 0.6) is 0 Å². The Kier molecular flexibility index (Phi) is 11.2. The van der Waals surface area contributed by atoms with E-state index in [1.807, 2.05) is 44.4 Å². The molecule has 9 nitrogen and oxygen atoms in total. The Balaban J connectivity index is 1.92. The number of carbonyl (C=O) groups is 2. The van der Waals surface area contributed by atoms with E-state index in [9.17, 15) is 9.59 Å². The van der Waals surface area contributed by atoms with Crippen molar-refractivity contribution < 1.29 is 14.3 Å². The van der Waals surface area contributed by atoms with E-state index >= 15 is 0 Å². The van der Waals surface area contributed by atoms with E-state index in [0.717, 1.165) is 39.4 Å². The van der Waals surface area contributed by atoms with Crippen LogP contribution in [0.3, 0.4) is 0 Å². The van der Waals surface area contributed by atoms with Crippen LogP contribution in [0, 0.1) is 25.0 Å². The third-order valence-electron chi connectivity index (χ3n) is 8.70. The van der Waals surface area contributed by atoms with Crippen LogP contribution in [0.1, 0.15) is 86.2 Å². The largest absolute Gasteiger partial charge is 0.444 e. The second-order valence-corrected chi connectivity index (χ2v) is 19.0. The first-order valence-electron chi connectivity index (χ1n) is 16.9. The summed E-state index contributed by atoms with van der Waals surface area (Å²) in [6.45, 7) is 24.6. The van der Waals surface area contributed by atoms with Crippen molar-refractivity contribution in [2.24, 2.45) is 0 Å². The van der Waals surface area contributed by atoms with Gasteiger partial charge in [-0.15, -0.1) is 0 Å². The van der Waals surface area contributed by atoms with E-state index in [4.69, 9.17) is 14.7 Å². The van der Waals surface area contributed by atoms with Crippen molar-refractivity contribution in [2.75, 3.05) is 12.4 Å². The molecule has 0 radical (unpaired) electrons. The lowest BCUT2D eigenvalue weighted by Crippen LogP contribution is -2.45. The van der Waals surface area contributed by atoms with Gasteiger partial charge in [0.15, 0.2) is 0 Å². The highest BCUT2D eigenvalue weighted by molar-refractivity contribution is 8.38. The fraction of sp³-hybridized carbons (Fsp3) is 0.462. The lowest BCUT2D eigenvalue weighted by Gasteiger charge is -2.46. The fourth-order valence-electron chi connectivity index (χ4n) is 6.05. The van der Waals surface area contributed by atoms with Crippen LogP contribution in [-0.2, 0) is 9.53 Å². The first-order chi connectivity index (χ1) is 22.8. The number of aryl methyl sites for hydroxylation is 2. The summed E-state index contributed by atoms with van der Waals surface area (Å²) in [5.74, 6) is 3.49. The minimum atomic E-state index is -1.41. The molecule has 1 atom stereocenters. The molecule has 1 unspecified atom stereocenters. The van der Waals surface area contributed by atoms with Gasteiger partial charge in [0, 0.05) is 36.3 Å². The first-order valence-corrected chi connectivity index (χ1v) is 18.7. The summed E-state index contributed by atoms with van der Waals surface area (Å²) in [5.41, 5.74) is 5.94. The molecule has 4 rings (SSSR count). The second kappa shape index (κ2) is 14.6. The number of hydrogen-bond acceptors (Lipinski definition) is 6. The van der Waals surface area contributed by atoms with Gasteiger partial charge in [0.25, 0.3) is 0 Å². The molecule has 1 N–H and O–H groups in total. The molecule has 0 spiro atoms. The molecule has 2 amide bonds. The normalized spacial score (nSPS) is 13.0. The quantitative estimate of drug-likeness (QED) is 0.187.